The molecule has 0 saturated heterocycles. The lowest BCUT2D eigenvalue weighted by molar-refractivity contribution is -0.135. The summed E-state index contributed by atoms with van der Waals surface area (Å²) in [4.78, 5) is 6.03. The molecule has 0 aromatic rings. The van der Waals surface area contributed by atoms with Crippen molar-refractivity contribution >= 4 is 18.3 Å². The van der Waals surface area contributed by atoms with Crippen LogP contribution in [0.3, 0.4) is 0 Å². The van der Waals surface area contributed by atoms with Gasteiger partial charge >= 0.3 is 6.18 Å². The first kappa shape index (κ1) is 18.6. The van der Waals surface area contributed by atoms with Gasteiger partial charge in [-0.25, -0.2) is 0 Å². The minimum atomic E-state index is -4.07. The average Bonchev–Trinajstić information content (AvgIpc) is 2.35. The van der Waals surface area contributed by atoms with Crippen LogP contribution in [0, 0.1) is 11.3 Å². The van der Waals surface area contributed by atoms with Gasteiger partial charge in [-0.2, -0.15) is 13.2 Å². The number of fused-ring (bicyclic) bond motifs is 1. The summed E-state index contributed by atoms with van der Waals surface area (Å²) in [6.45, 7) is 8.41. The van der Waals surface area contributed by atoms with Crippen LogP contribution in [-0.2, 0) is 0 Å². The van der Waals surface area contributed by atoms with Gasteiger partial charge in [-0.3, -0.25) is 4.99 Å². The van der Waals surface area contributed by atoms with E-state index in [-0.39, 0.29) is 23.3 Å². The van der Waals surface area contributed by atoms with E-state index in [2.05, 4.69) is 46.4 Å². The average molecular weight is 345 g/mol. The summed E-state index contributed by atoms with van der Waals surface area (Å²) in [6, 6.07) is 0. The minimum absolute atomic E-state index is 0.103. The van der Waals surface area contributed by atoms with Crippen molar-refractivity contribution in [2.75, 3.05) is 0 Å². The molecule has 2 unspecified atom stereocenters. The second-order valence-corrected chi connectivity index (χ2v) is 8.53. The van der Waals surface area contributed by atoms with Crippen LogP contribution in [0.25, 0.3) is 0 Å². The number of allylic oxidation sites excluding steroid dienone is 2. The number of alkyl halides is 3. The van der Waals surface area contributed by atoms with Crippen LogP contribution in [0.15, 0.2) is 27.6 Å². The Morgan fingerprint density at radius 1 is 1.26 bits per heavy atom. The highest BCUT2D eigenvalue weighted by atomic mass is 32.1. The topological polar surface area (TPSA) is 12.4 Å². The van der Waals surface area contributed by atoms with E-state index in [1.807, 2.05) is 6.08 Å². The fourth-order valence-electron chi connectivity index (χ4n) is 3.59. The maximum atomic E-state index is 12.5. The zero-order chi connectivity index (χ0) is 17.5. The van der Waals surface area contributed by atoms with E-state index in [0.29, 0.717) is 6.42 Å². The first-order chi connectivity index (χ1) is 10.4. The third-order valence-electron chi connectivity index (χ3n) is 4.70. The van der Waals surface area contributed by atoms with E-state index in [0.717, 1.165) is 23.5 Å². The van der Waals surface area contributed by atoms with E-state index in [1.165, 1.54) is 5.57 Å². The Kier molecular flexibility index (Phi) is 5.10. The Morgan fingerprint density at radius 2 is 1.91 bits per heavy atom. The van der Waals surface area contributed by atoms with Crippen molar-refractivity contribution in [3.8, 4) is 0 Å². The predicted molar refractivity (Wildman–Crippen MR) is 93.1 cm³/mol. The normalized spacial score (nSPS) is 28.7. The molecule has 1 heterocycles. The zero-order valence-electron chi connectivity index (χ0n) is 14.3. The molecule has 2 aliphatic rings. The van der Waals surface area contributed by atoms with E-state index >= 15 is 0 Å². The Labute approximate surface area is 142 Å². The van der Waals surface area contributed by atoms with Gasteiger partial charge < -0.3 is 0 Å². The lowest BCUT2D eigenvalue weighted by Gasteiger charge is -2.43. The van der Waals surface area contributed by atoms with Crippen LogP contribution in [0.4, 0.5) is 13.2 Å². The van der Waals surface area contributed by atoms with Gasteiger partial charge in [-0.05, 0) is 36.7 Å². The molecule has 130 valence electrons. The second-order valence-electron chi connectivity index (χ2n) is 7.96. The zero-order valence-corrected chi connectivity index (χ0v) is 15.2. The summed E-state index contributed by atoms with van der Waals surface area (Å²) in [5.74, 6) is 0.103. The maximum absolute atomic E-state index is 12.5. The van der Waals surface area contributed by atoms with E-state index in [1.54, 1.807) is 0 Å². The lowest BCUT2D eigenvalue weighted by atomic mass is 9.69. The van der Waals surface area contributed by atoms with Gasteiger partial charge in [0, 0.05) is 29.9 Å². The van der Waals surface area contributed by atoms with E-state index in [9.17, 15) is 13.2 Å². The van der Waals surface area contributed by atoms with Crippen LogP contribution in [0.5, 0.6) is 0 Å². The number of nitrogens with zero attached hydrogens (tertiary/aromatic N) is 1. The monoisotopic (exact) mass is 345 g/mol. The van der Waals surface area contributed by atoms with E-state index in [4.69, 9.17) is 4.99 Å². The molecule has 1 nitrogen and oxygen atoms in total. The molecule has 1 aliphatic carbocycles. The highest BCUT2D eigenvalue weighted by Crippen LogP contribution is 2.45. The van der Waals surface area contributed by atoms with E-state index < -0.39 is 12.6 Å². The molecule has 0 saturated carbocycles. The Balaban J connectivity index is 2.24. The molecule has 0 N–H and O–H groups in total. The minimum Gasteiger partial charge on any atom is -0.282 e. The maximum Gasteiger partial charge on any atom is 0.389 e. The molecule has 2 rings (SSSR count). The van der Waals surface area contributed by atoms with Gasteiger partial charge in [0.2, 0.25) is 0 Å². The van der Waals surface area contributed by atoms with Crippen molar-refractivity contribution in [1.82, 2.24) is 0 Å². The standard InChI is InChI=1S/C18H26F3NS/c1-16(2,3)15-12(6-5-9-18(19,20)21)10-13-7-8-14(23)11-17(13,4)22-15/h7-8,12,23H,5-6,9-11H2,1-4H3. The van der Waals surface area contributed by atoms with Gasteiger partial charge in [0.15, 0.2) is 0 Å². The van der Waals surface area contributed by atoms with Gasteiger partial charge in [-0.1, -0.05) is 32.9 Å². The van der Waals surface area contributed by atoms with Crippen LogP contribution in [0.2, 0.25) is 0 Å². The molecule has 0 amide bonds. The summed E-state index contributed by atoms with van der Waals surface area (Å²) in [6.07, 6.45) is 1.56. The van der Waals surface area contributed by atoms with Crippen LogP contribution < -0.4 is 0 Å². The number of hydrogen-bond acceptors (Lipinski definition) is 2. The summed E-state index contributed by atoms with van der Waals surface area (Å²) < 4.78 is 37.4. The number of halogens is 3. The lowest BCUT2D eigenvalue weighted by Crippen LogP contribution is -2.41. The third-order valence-corrected chi connectivity index (χ3v) is 5.00. The second kappa shape index (κ2) is 6.30. The van der Waals surface area contributed by atoms with Crippen molar-refractivity contribution in [3.05, 3.63) is 22.6 Å². The molecule has 2 atom stereocenters. The van der Waals surface area contributed by atoms with Crippen LogP contribution >= 0.6 is 12.6 Å². The van der Waals surface area contributed by atoms with Gasteiger partial charge in [0.05, 0.1) is 5.54 Å². The summed E-state index contributed by atoms with van der Waals surface area (Å²) in [5, 5.41) is 0. The highest BCUT2D eigenvalue weighted by Gasteiger charge is 2.41. The molecule has 0 radical (unpaired) electrons. The third kappa shape index (κ3) is 4.65. The fraction of sp³-hybridized carbons (Fsp3) is 0.722. The van der Waals surface area contributed by atoms with Crippen molar-refractivity contribution in [3.63, 3.8) is 0 Å². The van der Waals surface area contributed by atoms with Gasteiger partial charge in [-0.15, -0.1) is 12.6 Å². The molecular weight excluding hydrogens is 319 g/mol. The summed E-state index contributed by atoms with van der Waals surface area (Å²) in [7, 11) is 0. The van der Waals surface area contributed by atoms with Crippen molar-refractivity contribution < 1.29 is 13.2 Å². The SMILES string of the molecule is CC(C)(C)C1=NC2(C)CC(S)=CC=C2CC1CCCC(F)(F)F. The quantitative estimate of drug-likeness (QED) is 0.591. The van der Waals surface area contributed by atoms with Gasteiger partial charge in [0.1, 0.15) is 0 Å². The molecule has 5 heteroatoms. The molecule has 0 spiro atoms. The molecule has 0 fully saturated rings. The van der Waals surface area contributed by atoms with Gasteiger partial charge in [0.25, 0.3) is 0 Å². The predicted octanol–water partition coefficient (Wildman–Crippen LogP) is 6.13. The highest BCUT2D eigenvalue weighted by molar-refractivity contribution is 7.84. The Hall–Kier alpha value is -0.710. The largest absolute Gasteiger partial charge is 0.389 e. The van der Waals surface area contributed by atoms with Crippen LogP contribution in [-0.4, -0.2) is 17.4 Å². The Morgan fingerprint density at radius 3 is 2.48 bits per heavy atom. The smallest absolute Gasteiger partial charge is 0.282 e. The molecule has 0 aromatic carbocycles. The number of aliphatic imine (C=N–C) groups is 1. The number of hydrogen-bond donors (Lipinski definition) is 1. The van der Waals surface area contributed by atoms with Crippen molar-refractivity contribution in [2.24, 2.45) is 16.3 Å². The first-order valence-corrected chi connectivity index (χ1v) is 8.62. The first-order valence-electron chi connectivity index (χ1n) is 8.17. The number of thiol groups is 1. The van der Waals surface area contributed by atoms with Crippen molar-refractivity contribution in [2.45, 2.75) is 71.5 Å². The fourth-order valence-corrected chi connectivity index (χ4v) is 3.97. The summed E-state index contributed by atoms with van der Waals surface area (Å²) >= 11 is 4.47. The molecule has 0 aromatic heterocycles. The molecular formula is C18H26F3NS. The molecule has 0 bridgehead atoms. The summed E-state index contributed by atoms with van der Waals surface area (Å²) in [5.41, 5.74) is 1.87. The van der Waals surface area contributed by atoms with Crippen molar-refractivity contribution in [1.29, 1.82) is 0 Å². The Bertz CT molecular complexity index is 552. The van der Waals surface area contributed by atoms with Crippen LogP contribution in [0.1, 0.15) is 59.8 Å². The number of rotatable bonds is 3. The molecule has 23 heavy (non-hydrogen) atoms. The molecule has 1 aliphatic heterocycles.